The monoisotopic (exact) mass is 451 g/mol. The second-order valence-corrected chi connectivity index (χ2v) is 9.09. The molecule has 0 aliphatic rings. The van der Waals surface area contributed by atoms with Crippen LogP contribution in [0.1, 0.15) is 10.4 Å². The Hall–Kier alpha value is -3.26. The minimum atomic E-state index is -3.54. The number of carbonyl (C=O) groups is 1. The summed E-state index contributed by atoms with van der Waals surface area (Å²) in [6, 6.07) is 22.3. The predicted molar refractivity (Wildman–Crippen MR) is 123 cm³/mol. The van der Waals surface area contributed by atoms with Crippen LogP contribution in [0.4, 0.5) is 5.69 Å². The van der Waals surface area contributed by atoms with Crippen molar-refractivity contribution >= 4 is 44.1 Å². The van der Waals surface area contributed by atoms with Crippen molar-refractivity contribution in [2.75, 3.05) is 12.4 Å². The molecular formula is C23H18ClN3O3S. The quantitative estimate of drug-likeness (QED) is 0.459. The molecule has 0 aliphatic heterocycles. The summed E-state index contributed by atoms with van der Waals surface area (Å²) in [4.78, 5) is 17.9. The molecule has 1 aromatic heterocycles. The van der Waals surface area contributed by atoms with E-state index in [1.165, 1.54) is 19.2 Å². The number of anilines is 1. The van der Waals surface area contributed by atoms with Crippen LogP contribution in [0.15, 0.2) is 83.8 Å². The summed E-state index contributed by atoms with van der Waals surface area (Å²) in [5.74, 6) is -0.321. The van der Waals surface area contributed by atoms with Gasteiger partial charge in [-0.05, 0) is 55.6 Å². The Morgan fingerprint density at radius 3 is 2.29 bits per heavy atom. The number of hydrogen-bond donors (Lipinski definition) is 2. The zero-order chi connectivity index (χ0) is 22.0. The number of pyridine rings is 1. The van der Waals surface area contributed by atoms with Crippen molar-refractivity contribution in [3.05, 3.63) is 89.4 Å². The van der Waals surface area contributed by atoms with Gasteiger partial charge in [0.05, 0.1) is 21.7 Å². The van der Waals surface area contributed by atoms with Crippen LogP contribution in [0.3, 0.4) is 0 Å². The Bertz CT molecular complexity index is 1370. The van der Waals surface area contributed by atoms with Gasteiger partial charge in [0.1, 0.15) is 0 Å². The van der Waals surface area contributed by atoms with E-state index in [1.54, 1.807) is 30.3 Å². The molecule has 31 heavy (non-hydrogen) atoms. The molecule has 1 amide bonds. The van der Waals surface area contributed by atoms with Crippen molar-refractivity contribution < 1.29 is 13.2 Å². The van der Waals surface area contributed by atoms with E-state index in [1.807, 2.05) is 36.4 Å². The summed E-state index contributed by atoms with van der Waals surface area (Å²) in [7, 11) is -2.20. The first kappa shape index (κ1) is 21.0. The molecule has 0 saturated heterocycles. The first-order valence-corrected chi connectivity index (χ1v) is 11.2. The topological polar surface area (TPSA) is 88.2 Å². The maximum Gasteiger partial charge on any atom is 0.256 e. The van der Waals surface area contributed by atoms with E-state index in [2.05, 4.69) is 15.0 Å². The number of hydrogen-bond acceptors (Lipinski definition) is 4. The number of amides is 1. The summed E-state index contributed by atoms with van der Waals surface area (Å²) >= 11 is 5.99. The molecule has 2 N–H and O–H groups in total. The molecule has 0 unspecified atom stereocenters. The number of para-hydroxylation sites is 1. The van der Waals surface area contributed by atoms with E-state index >= 15 is 0 Å². The highest BCUT2D eigenvalue weighted by Crippen LogP contribution is 2.27. The zero-order valence-electron chi connectivity index (χ0n) is 16.5. The molecule has 4 rings (SSSR count). The molecule has 3 aromatic carbocycles. The van der Waals surface area contributed by atoms with Gasteiger partial charge < -0.3 is 5.32 Å². The van der Waals surface area contributed by atoms with Crippen molar-refractivity contribution in [2.45, 2.75) is 4.90 Å². The van der Waals surface area contributed by atoms with Gasteiger partial charge in [0.2, 0.25) is 10.0 Å². The Morgan fingerprint density at radius 2 is 1.61 bits per heavy atom. The standard InChI is InChI=1S/C23H18ClN3O3S/c1-25-31(29,30)18-12-10-17(11-13-18)26-23(28)20-14-22(15-6-8-16(24)9-7-15)27-21-5-3-2-4-19(20)21/h2-14,25H,1H3,(H,26,28). The normalized spacial score (nSPS) is 11.4. The second-order valence-electron chi connectivity index (χ2n) is 6.77. The minimum absolute atomic E-state index is 0.118. The van der Waals surface area contributed by atoms with Gasteiger partial charge in [-0.25, -0.2) is 18.1 Å². The highest BCUT2D eigenvalue weighted by atomic mass is 35.5. The van der Waals surface area contributed by atoms with Gasteiger partial charge in [0.15, 0.2) is 0 Å². The molecule has 0 bridgehead atoms. The molecule has 4 aromatic rings. The molecule has 0 spiro atoms. The van der Waals surface area contributed by atoms with Crippen LogP contribution in [0, 0.1) is 0 Å². The van der Waals surface area contributed by atoms with E-state index in [4.69, 9.17) is 11.6 Å². The van der Waals surface area contributed by atoms with Crippen molar-refractivity contribution in [2.24, 2.45) is 0 Å². The lowest BCUT2D eigenvalue weighted by atomic mass is 10.0. The van der Waals surface area contributed by atoms with E-state index < -0.39 is 10.0 Å². The van der Waals surface area contributed by atoms with Gasteiger partial charge in [-0.15, -0.1) is 0 Å². The van der Waals surface area contributed by atoms with Gasteiger partial charge in [-0.2, -0.15) is 0 Å². The number of nitrogens with one attached hydrogen (secondary N) is 2. The SMILES string of the molecule is CNS(=O)(=O)c1ccc(NC(=O)c2cc(-c3ccc(Cl)cc3)nc3ccccc23)cc1. The largest absolute Gasteiger partial charge is 0.322 e. The van der Waals surface area contributed by atoms with E-state index in [9.17, 15) is 13.2 Å². The fraction of sp³-hybridized carbons (Fsp3) is 0.0435. The van der Waals surface area contributed by atoms with Crippen LogP contribution < -0.4 is 10.0 Å². The highest BCUT2D eigenvalue weighted by molar-refractivity contribution is 7.89. The van der Waals surface area contributed by atoms with Gasteiger partial charge in [-0.3, -0.25) is 4.79 Å². The van der Waals surface area contributed by atoms with Gasteiger partial charge in [0, 0.05) is 21.7 Å². The molecule has 0 aliphatic carbocycles. The van der Waals surface area contributed by atoms with E-state index in [0.29, 0.717) is 32.9 Å². The Balaban J connectivity index is 1.71. The van der Waals surface area contributed by atoms with Crippen LogP contribution >= 0.6 is 11.6 Å². The summed E-state index contributed by atoms with van der Waals surface area (Å²) in [5.41, 5.74) is 3.12. The number of rotatable bonds is 5. The lowest BCUT2D eigenvalue weighted by molar-refractivity contribution is 0.102. The number of carbonyl (C=O) groups excluding carboxylic acids is 1. The third-order valence-corrected chi connectivity index (χ3v) is 6.47. The molecule has 1 heterocycles. The average molecular weight is 452 g/mol. The van der Waals surface area contributed by atoms with Crippen molar-refractivity contribution in [3.63, 3.8) is 0 Å². The number of nitrogens with zero attached hydrogens (tertiary/aromatic N) is 1. The Labute approximate surface area is 185 Å². The van der Waals surface area contributed by atoms with Crippen molar-refractivity contribution in [1.82, 2.24) is 9.71 Å². The summed E-state index contributed by atoms with van der Waals surface area (Å²) in [6.45, 7) is 0. The maximum atomic E-state index is 13.1. The van der Waals surface area contributed by atoms with Crippen LogP contribution in [0.2, 0.25) is 5.02 Å². The fourth-order valence-electron chi connectivity index (χ4n) is 3.17. The van der Waals surface area contributed by atoms with Crippen molar-refractivity contribution in [1.29, 1.82) is 0 Å². The molecule has 156 valence electrons. The third-order valence-electron chi connectivity index (χ3n) is 4.79. The number of sulfonamides is 1. The molecule has 0 saturated carbocycles. The van der Waals surface area contributed by atoms with Gasteiger partial charge >= 0.3 is 0 Å². The highest BCUT2D eigenvalue weighted by Gasteiger charge is 2.15. The molecule has 6 nitrogen and oxygen atoms in total. The van der Waals surface area contributed by atoms with Crippen LogP contribution in [-0.2, 0) is 10.0 Å². The number of fused-ring (bicyclic) bond motifs is 1. The minimum Gasteiger partial charge on any atom is -0.322 e. The lowest BCUT2D eigenvalue weighted by Gasteiger charge is -2.11. The average Bonchev–Trinajstić information content (AvgIpc) is 2.79. The summed E-state index contributed by atoms with van der Waals surface area (Å²) in [5, 5.41) is 4.16. The summed E-state index contributed by atoms with van der Waals surface area (Å²) < 4.78 is 26.0. The third kappa shape index (κ3) is 4.44. The lowest BCUT2D eigenvalue weighted by Crippen LogP contribution is -2.18. The molecule has 0 fully saturated rings. The number of halogens is 1. The first-order valence-electron chi connectivity index (χ1n) is 9.38. The first-order chi connectivity index (χ1) is 14.9. The van der Waals surface area contributed by atoms with Gasteiger partial charge in [-0.1, -0.05) is 41.9 Å². The zero-order valence-corrected chi connectivity index (χ0v) is 18.0. The van der Waals surface area contributed by atoms with Crippen LogP contribution in [0.5, 0.6) is 0 Å². The molecule has 0 radical (unpaired) electrons. The van der Waals surface area contributed by atoms with Crippen molar-refractivity contribution in [3.8, 4) is 11.3 Å². The Kier molecular flexibility index (Phi) is 5.73. The molecule has 0 atom stereocenters. The number of benzene rings is 3. The predicted octanol–water partition coefficient (Wildman–Crippen LogP) is 4.72. The maximum absolute atomic E-state index is 13.1. The molecule has 8 heteroatoms. The number of aromatic nitrogens is 1. The van der Waals surface area contributed by atoms with Crippen LogP contribution in [0.25, 0.3) is 22.2 Å². The second kappa shape index (κ2) is 8.47. The summed E-state index contributed by atoms with van der Waals surface area (Å²) in [6.07, 6.45) is 0. The fourth-order valence-corrected chi connectivity index (χ4v) is 4.02. The molecular weight excluding hydrogens is 434 g/mol. The Morgan fingerprint density at radius 1 is 0.935 bits per heavy atom. The van der Waals surface area contributed by atoms with E-state index in [0.717, 1.165) is 5.56 Å². The van der Waals surface area contributed by atoms with E-state index in [-0.39, 0.29) is 10.8 Å². The smallest absolute Gasteiger partial charge is 0.256 e. The van der Waals surface area contributed by atoms with Crippen LogP contribution in [-0.4, -0.2) is 26.4 Å². The van der Waals surface area contributed by atoms with Gasteiger partial charge in [0.25, 0.3) is 5.91 Å².